The molecule has 0 radical (unpaired) electrons. The molecule has 2 aliphatic rings. The van der Waals surface area contributed by atoms with E-state index in [9.17, 15) is 19.8 Å². The number of halogens is 2. The lowest BCUT2D eigenvalue weighted by Crippen LogP contribution is -2.68. The molecule has 0 aliphatic carbocycles. The van der Waals surface area contributed by atoms with Crippen LogP contribution in [0.15, 0.2) is 78.9 Å². The normalized spacial score (nSPS) is 27.4. The van der Waals surface area contributed by atoms with Gasteiger partial charge in [0.1, 0.15) is 0 Å². The number of carbonyl (C=O) groups is 2. The second-order valence-electron chi connectivity index (χ2n) is 13.8. The third-order valence-corrected chi connectivity index (χ3v) is 12.3. The fourth-order valence-electron chi connectivity index (χ4n) is 8.54. The highest BCUT2D eigenvalue weighted by Crippen LogP contribution is 2.58. The Bertz CT molecular complexity index is 1510. The zero-order chi connectivity index (χ0) is 34.5. The van der Waals surface area contributed by atoms with Gasteiger partial charge in [0.25, 0.3) is 0 Å². The summed E-state index contributed by atoms with van der Waals surface area (Å²) in [7, 11) is 0. The Balaban J connectivity index is 1.20. The lowest BCUT2D eigenvalue weighted by Gasteiger charge is -2.56. The van der Waals surface area contributed by atoms with Crippen molar-refractivity contribution >= 4 is 35.1 Å². The predicted molar refractivity (Wildman–Crippen MR) is 191 cm³/mol. The van der Waals surface area contributed by atoms with Crippen molar-refractivity contribution in [2.75, 3.05) is 32.8 Å². The fraction of sp³-hybridized carbons (Fsp3) is 0.487. The van der Waals surface area contributed by atoms with Crippen molar-refractivity contribution in [2.24, 2.45) is 10.8 Å². The van der Waals surface area contributed by atoms with Crippen LogP contribution in [0.4, 0.5) is 0 Å². The van der Waals surface area contributed by atoms with Crippen LogP contribution in [0.2, 0.25) is 10.0 Å². The van der Waals surface area contributed by atoms with Gasteiger partial charge in [-0.2, -0.15) is 0 Å². The Morgan fingerprint density at radius 3 is 1.98 bits per heavy atom. The van der Waals surface area contributed by atoms with Gasteiger partial charge in [-0.05, 0) is 88.7 Å². The van der Waals surface area contributed by atoms with Crippen LogP contribution in [0.1, 0.15) is 75.5 Å². The first-order valence-electron chi connectivity index (χ1n) is 17.1. The van der Waals surface area contributed by atoms with Crippen LogP contribution >= 0.6 is 23.2 Å². The summed E-state index contributed by atoms with van der Waals surface area (Å²) in [6, 6.07) is 25.7. The molecule has 7 nitrogen and oxygen atoms in total. The fourth-order valence-corrected chi connectivity index (χ4v) is 8.95. The lowest BCUT2D eigenvalue weighted by atomic mass is 9.51. The molecule has 0 aromatic heterocycles. The van der Waals surface area contributed by atoms with Crippen LogP contribution < -0.4 is 5.32 Å². The van der Waals surface area contributed by atoms with Gasteiger partial charge in [0.2, 0.25) is 0 Å². The summed E-state index contributed by atoms with van der Waals surface area (Å²) in [6.45, 7) is 9.11. The highest BCUT2D eigenvalue weighted by Gasteiger charge is 2.65. The molecule has 5 atom stereocenters. The van der Waals surface area contributed by atoms with E-state index >= 15 is 0 Å². The minimum atomic E-state index is -1.47. The molecule has 0 saturated carbocycles. The molecule has 2 aliphatic heterocycles. The van der Waals surface area contributed by atoms with E-state index in [-0.39, 0.29) is 21.9 Å². The van der Waals surface area contributed by atoms with E-state index < -0.39 is 40.8 Å². The van der Waals surface area contributed by atoms with Gasteiger partial charge in [-0.1, -0.05) is 96.0 Å². The number of nitrogens with zero attached hydrogens (tertiary/aromatic N) is 1. The zero-order valence-corrected chi connectivity index (χ0v) is 29.6. The number of aliphatic carboxylic acids is 2. The molecule has 48 heavy (non-hydrogen) atoms. The largest absolute Gasteiger partial charge is 0.481 e. The first-order chi connectivity index (χ1) is 23.0. The van der Waals surface area contributed by atoms with Gasteiger partial charge < -0.3 is 25.2 Å². The summed E-state index contributed by atoms with van der Waals surface area (Å²) in [5.74, 6) is -3.08. The molecular weight excluding hydrogens is 647 g/mol. The molecule has 0 amide bonds. The van der Waals surface area contributed by atoms with Gasteiger partial charge >= 0.3 is 11.9 Å². The van der Waals surface area contributed by atoms with Crippen molar-refractivity contribution < 1.29 is 24.5 Å². The first-order valence-corrected chi connectivity index (χ1v) is 17.8. The zero-order valence-electron chi connectivity index (χ0n) is 28.1. The summed E-state index contributed by atoms with van der Waals surface area (Å²) in [6.07, 6.45) is 3.65. The molecule has 2 heterocycles. The molecule has 3 N–H and O–H groups in total. The number of rotatable bonds is 13. The molecule has 5 rings (SSSR count). The summed E-state index contributed by atoms with van der Waals surface area (Å²) < 4.78 is 6.06. The third-order valence-electron chi connectivity index (χ3n) is 11.4. The van der Waals surface area contributed by atoms with E-state index in [4.69, 9.17) is 27.9 Å². The van der Waals surface area contributed by atoms with Crippen LogP contribution in [0.5, 0.6) is 0 Å². The van der Waals surface area contributed by atoms with Gasteiger partial charge in [0.05, 0.1) is 20.9 Å². The van der Waals surface area contributed by atoms with Gasteiger partial charge in [-0.25, -0.2) is 0 Å². The lowest BCUT2D eigenvalue weighted by molar-refractivity contribution is -0.171. The number of nitrogens with one attached hydrogen (secondary N) is 1. The van der Waals surface area contributed by atoms with E-state index in [1.54, 1.807) is 32.0 Å². The average Bonchev–Trinajstić information content (AvgIpc) is 3.09. The quantitative estimate of drug-likeness (QED) is 0.157. The van der Waals surface area contributed by atoms with Crippen LogP contribution in [0.25, 0.3) is 0 Å². The standard InChI is InChI=1S/C39H48Cl2N2O5/c1-27-37(3,35(44)45)34(31-17-10-18-32(40)33(31)41)39(36(46)47,28(2)42-27)19-11-25-48-26-12-22-43-23-20-38(21-24-43,29-13-6-4-7-14-29)30-15-8-5-9-16-30/h4-10,13-18,27-28,34,42H,11-12,19-26H2,1-3H3,(H,44,45)(H,46,47). The number of likely N-dealkylation sites (tertiary alicyclic amines) is 1. The Morgan fingerprint density at radius 2 is 1.42 bits per heavy atom. The van der Waals surface area contributed by atoms with E-state index in [2.05, 4.69) is 70.9 Å². The maximum atomic E-state index is 13.3. The number of benzene rings is 3. The second kappa shape index (κ2) is 15.3. The Hall–Kier alpha value is -2.94. The minimum Gasteiger partial charge on any atom is -0.481 e. The first kappa shape index (κ1) is 36.3. The van der Waals surface area contributed by atoms with Gasteiger partial charge in [-0.15, -0.1) is 0 Å². The van der Waals surface area contributed by atoms with Crippen molar-refractivity contribution in [1.82, 2.24) is 10.2 Å². The van der Waals surface area contributed by atoms with Crippen LogP contribution in [0.3, 0.4) is 0 Å². The second-order valence-corrected chi connectivity index (χ2v) is 14.6. The maximum absolute atomic E-state index is 13.3. The number of piperidine rings is 2. The monoisotopic (exact) mass is 694 g/mol. The van der Waals surface area contributed by atoms with E-state index in [0.29, 0.717) is 25.2 Å². The van der Waals surface area contributed by atoms with Crippen molar-refractivity contribution in [2.45, 2.75) is 76.3 Å². The topological polar surface area (TPSA) is 99.1 Å². The molecule has 2 saturated heterocycles. The molecule has 2 fully saturated rings. The number of carboxylic acid groups (broad SMARTS) is 2. The summed E-state index contributed by atoms with van der Waals surface area (Å²) in [5.41, 5.74) is 0.283. The average molecular weight is 696 g/mol. The number of carboxylic acids is 2. The van der Waals surface area contributed by atoms with Crippen molar-refractivity contribution in [1.29, 1.82) is 0 Å². The number of ether oxygens (including phenoxy) is 1. The molecule has 3 aromatic rings. The molecular formula is C39H48Cl2N2O5. The highest BCUT2D eigenvalue weighted by molar-refractivity contribution is 6.42. The molecule has 0 spiro atoms. The highest BCUT2D eigenvalue weighted by atomic mass is 35.5. The summed E-state index contributed by atoms with van der Waals surface area (Å²) in [4.78, 5) is 28.7. The molecule has 0 bridgehead atoms. The van der Waals surface area contributed by atoms with Crippen molar-refractivity contribution in [3.8, 4) is 0 Å². The van der Waals surface area contributed by atoms with E-state index in [0.717, 1.165) is 38.9 Å². The molecule has 9 heteroatoms. The Morgan fingerprint density at radius 1 is 0.833 bits per heavy atom. The van der Waals surface area contributed by atoms with Gasteiger partial charge in [-0.3, -0.25) is 9.59 Å². The van der Waals surface area contributed by atoms with E-state index in [1.165, 1.54) is 11.1 Å². The van der Waals surface area contributed by atoms with Crippen molar-refractivity contribution in [3.05, 3.63) is 106 Å². The third kappa shape index (κ3) is 6.77. The molecule has 5 unspecified atom stereocenters. The van der Waals surface area contributed by atoms with E-state index in [1.807, 2.05) is 6.92 Å². The summed E-state index contributed by atoms with van der Waals surface area (Å²) in [5, 5.41) is 25.2. The van der Waals surface area contributed by atoms with Gasteiger partial charge in [0.15, 0.2) is 0 Å². The number of hydrogen-bond donors (Lipinski definition) is 3. The molecule has 258 valence electrons. The Labute approximate surface area is 294 Å². The van der Waals surface area contributed by atoms with Crippen LogP contribution in [0, 0.1) is 10.8 Å². The molecule has 3 aromatic carbocycles. The maximum Gasteiger partial charge on any atom is 0.311 e. The predicted octanol–water partition coefficient (Wildman–Crippen LogP) is 7.89. The SMILES string of the molecule is CC1NC(C)C(CCCOCCCN2CCC(c3ccccc3)(c3ccccc3)CC2)(C(=O)O)C(c2cccc(Cl)c2Cl)C1(C)C(=O)O. The Kier molecular flexibility index (Phi) is 11.6. The van der Waals surface area contributed by atoms with Crippen LogP contribution in [-0.4, -0.2) is 72.0 Å². The minimum absolute atomic E-state index is 0.0163. The van der Waals surface area contributed by atoms with Gasteiger partial charge in [0, 0.05) is 43.2 Å². The summed E-state index contributed by atoms with van der Waals surface area (Å²) >= 11 is 13.1. The van der Waals surface area contributed by atoms with Crippen LogP contribution in [-0.2, 0) is 19.7 Å². The number of hydrogen-bond acceptors (Lipinski definition) is 5. The smallest absolute Gasteiger partial charge is 0.311 e. The van der Waals surface area contributed by atoms with Crippen molar-refractivity contribution in [3.63, 3.8) is 0 Å².